The monoisotopic (exact) mass is 258 g/mol. The van der Waals surface area contributed by atoms with Gasteiger partial charge < -0.3 is 4.52 Å². The van der Waals surface area contributed by atoms with Crippen LogP contribution in [0.2, 0.25) is 0 Å². The summed E-state index contributed by atoms with van der Waals surface area (Å²) in [5.41, 5.74) is 0.527. The van der Waals surface area contributed by atoms with Crippen LogP contribution in [0.4, 0.5) is 0 Å². The average Bonchev–Trinajstić information content (AvgIpc) is 2.60. The third-order valence-electron chi connectivity index (χ3n) is 3.32. The van der Waals surface area contributed by atoms with Crippen molar-refractivity contribution in [2.45, 2.75) is 19.4 Å². The highest BCUT2D eigenvalue weighted by atomic mass is 31.2. The molecule has 0 amide bonds. The Bertz CT molecular complexity index is 632. The fourth-order valence-corrected chi connectivity index (χ4v) is 5.21. The summed E-state index contributed by atoms with van der Waals surface area (Å²) in [6.07, 6.45) is 0. The van der Waals surface area contributed by atoms with Crippen LogP contribution in [0.3, 0.4) is 0 Å². The quantitative estimate of drug-likeness (QED) is 0.734. The molecule has 3 rings (SSSR count). The van der Waals surface area contributed by atoms with Gasteiger partial charge in [-0.3, -0.25) is 4.57 Å². The van der Waals surface area contributed by atoms with Gasteiger partial charge in [0.05, 0.1) is 5.60 Å². The Morgan fingerprint density at radius 3 is 2.28 bits per heavy atom. The zero-order valence-electron chi connectivity index (χ0n) is 10.5. The number of hydrogen-bond acceptors (Lipinski definition) is 2. The molecule has 2 aromatic carbocycles. The Hall–Kier alpha value is -1.37. The van der Waals surface area contributed by atoms with E-state index >= 15 is 0 Å². The van der Waals surface area contributed by atoms with Gasteiger partial charge in [-0.1, -0.05) is 36.4 Å². The molecular formula is C15H15O2P. The van der Waals surface area contributed by atoms with Crippen LogP contribution in [-0.2, 0) is 14.7 Å². The molecule has 1 unspecified atom stereocenters. The standard InChI is InChI=1S/C15H15O2P/c1-15(2)13-10-6-7-11-14(13)18(16,17-15)12-8-4-3-5-9-12/h3-11H,1-2H3. The van der Waals surface area contributed by atoms with Gasteiger partial charge in [0.1, 0.15) is 0 Å². The topological polar surface area (TPSA) is 26.3 Å². The van der Waals surface area contributed by atoms with Gasteiger partial charge in [-0.15, -0.1) is 0 Å². The van der Waals surface area contributed by atoms with Crippen molar-refractivity contribution in [2.24, 2.45) is 0 Å². The molecule has 1 atom stereocenters. The maximum atomic E-state index is 13.2. The molecule has 18 heavy (non-hydrogen) atoms. The van der Waals surface area contributed by atoms with Crippen LogP contribution >= 0.6 is 7.37 Å². The Morgan fingerprint density at radius 2 is 1.56 bits per heavy atom. The van der Waals surface area contributed by atoms with Crippen LogP contribution in [0.25, 0.3) is 0 Å². The van der Waals surface area contributed by atoms with Gasteiger partial charge in [0.2, 0.25) is 0 Å². The van der Waals surface area contributed by atoms with Gasteiger partial charge in [-0.05, 0) is 37.6 Å². The second-order valence-corrected chi connectivity index (χ2v) is 7.29. The first-order valence-corrected chi connectivity index (χ1v) is 7.63. The van der Waals surface area contributed by atoms with Crippen LogP contribution < -0.4 is 10.6 Å². The van der Waals surface area contributed by atoms with Crippen molar-refractivity contribution in [1.29, 1.82) is 0 Å². The van der Waals surface area contributed by atoms with Gasteiger partial charge >= 0.3 is 0 Å². The largest absolute Gasteiger partial charge is 0.311 e. The molecule has 0 aliphatic carbocycles. The van der Waals surface area contributed by atoms with Crippen LogP contribution in [0, 0.1) is 0 Å². The molecule has 1 aliphatic rings. The van der Waals surface area contributed by atoms with E-state index in [1.165, 1.54) is 0 Å². The second kappa shape index (κ2) is 3.81. The minimum atomic E-state index is -2.93. The molecule has 92 valence electrons. The fraction of sp³-hybridized carbons (Fsp3) is 0.200. The number of rotatable bonds is 1. The van der Waals surface area contributed by atoms with Gasteiger partial charge in [0.25, 0.3) is 7.37 Å². The van der Waals surface area contributed by atoms with Crippen molar-refractivity contribution in [2.75, 3.05) is 0 Å². The predicted molar refractivity (Wildman–Crippen MR) is 73.9 cm³/mol. The van der Waals surface area contributed by atoms with E-state index in [1.807, 2.05) is 68.4 Å². The van der Waals surface area contributed by atoms with Gasteiger partial charge in [-0.2, -0.15) is 0 Å². The van der Waals surface area contributed by atoms with Crippen molar-refractivity contribution in [3.8, 4) is 0 Å². The van der Waals surface area contributed by atoms with E-state index in [0.717, 1.165) is 16.2 Å². The lowest BCUT2D eigenvalue weighted by atomic mass is 9.99. The molecule has 0 aromatic heterocycles. The number of fused-ring (bicyclic) bond motifs is 1. The number of hydrogen-bond donors (Lipinski definition) is 0. The molecule has 0 spiro atoms. The van der Waals surface area contributed by atoms with Crippen LogP contribution in [0.15, 0.2) is 54.6 Å². The van der Waals surface area contributed by atoms with E-state index in [1.54, 1.807) is 0 Å². The Labute approximate surface area is 107 Å². The summed E-state index contributed by atoms with van der Waals surface area (Å²) < 4.78 is 19.2. The third-order valence-corrected chi connectivity index (χ3v) is 6.04. The highest BCUT2D eigenvalue weighted by molar-refractivity contribution is 7.74. The van der Waals surface area contributed by atoms with E-state index < -0.39 is 13.0 Å². The zero-order chi connectivity index (χ0) is 12.8. The first-order valence-electron chi connectivity index (χ1n) is 6.00. The SMILES string of the molecule is CC1(C)OP(=O)(c2ccccc2)c2ccccc21. The average molecular weight is 258 g/mol. The van der Waals surface area contributed by atoms with E-state index in [2.05, 4.69) is 0 Å². The summed E-state index contributed by atoms with van der Waals surface area (Å²) in [5, 5.41) is 1.60. The van der Waals surface area contributed by atoms with Crippen molar-refractivity contribution in [3.05, 3.63) is 60.2 Å². The maximum absolute atomic E-state index is 13.2. The molecular weight excluding hydrogens is 243 g/mol. The Balaban J connectivity index is 2.26. The zero-order valence-corrected chi connectivity index (χ0v) is 11.4. The van der Waals surface area contributed by atoms with Crippen molar-refractivity contribution in [1.82, 2.24) is 0 Å². The normalized spacial score (nSPS) is 24.8. The molecule has 0 saturated carbocycles. The maximum Gasteiger partial charge on any atom is 0.262 e. The minimum absolute atomic E-state index is 0.498. The summed E-state index contributed by atoms with van der Waals surface area (Å²) in [7, 11) is -2.93. The Kier molecular flexibility index (Phi) is 2.48. The third kappa shape index (κ3) is 1.57. The summed E-state index contributed by atoms with van der Waals surface area (Å²) in [6.45, 7) is 3.93. The lowest BCUT2D eigenvalue weighted by molar-refractivity contribution is 0.131. The summed E-state index contributed by atoms with van der Waals surface area (Å²) in [5.74, 6) is 0. The first kappa shape index (κ1) is 11.7. The molecule has 2 nitrogen and oxygen atoms in total. The summed E-state index contributed by atoms with van der Waals surface area (Å²) >= 11 is 0. The molecule has 0 saturated heterocycles. The first-order chi connectivity index (χ1) is 8.54. The van der Waals surface area contributed by atoms with Gasteiger partial charge in [0, 0.05) is 10.6 Å². The number of benzene rings is 2. The van der Waals surface area contributed by atoms with Crippen molar-refractivity contribution in [3.63, 3.8) is 0 Å². The molecule has 0 bridgehead atoms. The van der Waals surface area contributed by atoms with Gasteiger partial charge in [0.15, 0.2) is 0 Å². The molecule has 1 aliphatic heterocycles. The van der Waals surface area contributed by atoms with E-state index in [0.29, 0.717) is 0 Å². The van der Waals surface area contributed by atoms with Crippen molar-refractivity contribution < 1.29 is 9.09 Å². The molecule has 0 radical (unpaired) electrons. The Morgan fingerprint density at radius 1 is 0.944 bits per heavy atom. The predicted octanol–water partition coefficient (Wildman–Crippen LogP) is 3.18. The van der Waals surface area contributed by atoms with Crippen molar-refractivity contribution >= 4 is 18.0 Å². The van der Waals surface area contributed by atoms with E-state index in [-0.39, 0.29) is 0 Å². The molecule has 0 N–H and O–H groups in total. The smallest absolute Gasteiger partial charge is 0.262 e. The summed E-state index contributed by atoms with van der Waals surface area (Å²) in [6, 6.07) is 17.2. The molecule has 1 heterocycles. The highest BCUT2D eigenvalue weighted by Crippen LogP contribution is 2.57. The van der Waals surface area contributed by atoms with Crippen LogP contribution in [0.1, 0.15) is 19.4 Å². The fourth-order valence-electron chi connectivity index (χ4n) is 2.48. The van der Waals surface area contributed by atoms with E-state index in [4.69, 9.17) is 4.52 Å². The van der Waals surface area contributed by atoms with Crippen LogP contribution in [-0.4, -0.2) is 0 Å². The highest BCUT2D eigenvalue weighted by Gasteiger charge is 2.46. The molecule has 0 fully saturated rings. The van der Waals surface area contributed by atoms with Gasteiger partial charge in [-0.25, -0.2) is 0 Å². The lowest BCUT2D eigenvalue weighted by Gasteiger charge is -2.20. The van der Waals surface area contributed by atoms with Crippen LogP contribution in [0.5, 0.6) is 0 Å². The second-order valence-electron chi connectivity index (χ2n) is 5.01. The molecule has 2 aromatic rings. The molecule has 3 heteroatoms. The van der Waals surface area contributed by atoms with E-state index in [9.17, 15) is 4.57 Å². The lowest BCUT2D eigenvalue weighted by Crippen LogP contribution is -2.16. The summed E-state index contributed by atoms with van der Waals surface area (Å²) in [4.78, 5) is 0. The minimum Gasteiger partial charge on any atom is -0.311 e.